The second-order valence-corrected chi connectivity index (χ2v) is 6.34. The number of nitrogens with zero attached hydrogens (tertiary/aromatic N) is 5. The predicted octanol–water partition coefficient (Wildman–Crippen LogP) is 1.57. The van der Waals surface area contributed by atoms with Crippen molar-refractivity contribution in [2.75, 3.05) is 11.9 Å². The third kappa shape index (κ3) is 4.74. The molecule has 0 saturated carbocycles. The van der Waals surface area contributed by atoms with Crippen LogP contribution in [-0.4, -0.2) is 38.7 Å². The van der Waals surface area contributed by atoms with Crippen LogP contribution in [0, 0.1) is 11.3 Å². The predicted molar refractivity (Wildman–Crippen MR) is 95.6 cm³/mol. The molecule has 0 aliphatic rings. The second kappa shape index (κ2) is 8.68. The number of aromatic nitrogens is 4. The Hall–Kier alpha value is -3.58. The first-order chi connectivity index (χ1) is 13.2. The number of anilines is 1. The lowest BCUT2D eigenvalue weighted by atomic mass is 10.1. The molecule has 1 aromatic carbocycles. The van der Waals surface area contributed by atoms with Gasteiger partial charge in [-0.1, -0.05) is 30.3 Å². The average molecular weight is 382 g/mol. The van der Waals surface area contributed by atoms with Gasteiger partial charge in [0.25, 0.3) is 5.91 Å². The van der Waals surface area contributed by atoms with Gasteiger partial charge < -0.3 is 10.1 Å². The van der Waals surface area contributed by atoms with E-state index in [1.807, 2.05) is 36.4 Å². The number of ether oxygens (including phenoxy) is 1. The summed E-state index contributed by atoms with van der Waals surface area (Å²) < 4.78 is 6.43. The highest BCUT2D eigenvalue weighted by Crippen LogP contribution is 2.22. The van der Waals surface area contributed by atoms with E-state index in [4.69, 9.17) is 10.00 Å². The van der Waals surface area contributed by atoms with Crippen molar-refractivity contribution in [3.63, 3.8) is 0 Å². The number of hydrogen-bond acceptors (Lipinski definition) is 8. The number of nitriles is 1. The van der Waals surface area contributed by atoms with E-state index in [1.165, 1.54) is 22.3 Å². The standard InChI is InChI=1S/C17H14N6O3S/c18-9-13-6-7-27-16(13)20-15(24)10-26-17(25)14(23-11-19-21-22-23)8-12-4-2-1-3-5-12/h1-7,11,14H,8,10H2,(H,20,24)/t14-/m0/s1. The normalized spacial score (nSPS) is 11.4. The van der Waals surface area contributed by atoms with Gasteiger partial charge in [0, 0.05) is 6.42 Å². The van der Waals surface area contributed by atoms with Gasteiger partial charge in [0.1, 0.15) is 17.4 Å². The molecule has 0 radical (unpaired) electrons. The number of esters is 1. The lowest BCUT2D eigenvalue weighted by Crippen LogP contribution is -2.28. The van der Waals surface area contributed by atoms with Crippen molar-refractivity contribution < 1.29 is 14.3 Å². The molecule has 0 unspecified atom stereocenters. The molecule has 3 rings (SSSR count). The highest BCUT2D eigenvalue weighted by atomic mass is 32.1. The van der Waals surface area contributed by atoms with Crippen molar-refractivity contribution in [3.05, 3.63) is 59.2 Å². The molecule has 136 valence electrons. The van der Waals surface area contributed by atoms with Crippen LogP contribution in [0.5, 0.6) is 0 Å². The summed E-state index contributed by atoms with van der Waals surface area (Å²) in [6.45, 7) is -0.477. The van der Waals surface area contributed by atoms with Gasteiger partial charge in [0.15, 0.2) is 12.6 Å². The van der Waals surface area contributed by atoms with E-state index in [-0.39, 0.29) is 0 Å². The minimum absolute atomic E-state index is 0.315. The van der Waals surface area contributed by atoms with Crippen LogP contribution in [0.25, 0.3) is 0 Å². The lowest BCUT2D eigenvalue weighted by Gasteiger charge is -2.15. The molecule has 0 spiro atoms. The number of hydrogen-bond donors (Lipinski definition) is 1. The summed E-state index contributed by atoms with van der Waals surface area (Å²) in [7, 11) is 0. The number of nitrogens with one attached hydrogen (secondary N) is 1. The van der Waals surface area contributed by atoms with Crippen molar-refractivity contribution in [3.8, 4) is 6.07 Å². The number of thiophene rings is 1. The van der Waals surface area contributed by atoms with E-state index < -0.39 is 24.5 Å². The highest BCUT2D eigenvalue weighted by molar-refractivity contribution is 7.14. The summed E-state index contributed by atoms with van der Waals surface area (Å²) in [5.74, 6) is -1.16. The molecule has 9 nitrogen and oxygen atoms in total. The van der Waals surface area contributed by atoms with Gasteiger partial charge in [0.05, 0.1) is 5.56 Å². The Kier molecular flexibility index (Phi) is 5.86. The maximum atomic E-state index is 12.5. The first kappa shape index (κ1) is 18.2. The molecular formula is C17H14N6O3S. The Labute approximate surface area is 158 Å². The fraction of sp³-hybridized carbons (Fsp3) is 0.176. The van der Waals surface area contributed by atoms with Crippen LogP contribution in [0.1, 0.15) is 17.2 Å². The Morgan fingerprint density at radius 2 is 2.11 bits per heavy atom. The van der Waals surface area contributed by atoms with Gasteiger partial charge in [-0.2, -0.15) is 5.26 Å². The Balaban J connectivity index is 1.62. The number of amides is 1. The molecular weight excluding hydrogens is 368 g/mol. The van der Waals surface area contributed by atoms with E-state index >= 15 is 0 Å². The fourth-order valence-corrected chi connectivity index (χ4v) is 3.08. The van der Waals surface area contributed by atoms with E-state index in [1.54, 1.807) is 11.4 Å². The zero-order valence-corrected chi connectivity index (χ0v) is 14.8. The smallest absolute Gasteiger partial charge is 0.331 e. The molecule has 0 bridgehead atoms. The molecule has 0 aliphatic carbocycles. The average Bonchev–Trinajstić information content (AvgIpc) is 3.37. The van der Waals surface area contributed by atoms with Crippen molar-refractivity contribution in [1.29, 1.82) is 5.26 Å². The Bertz CT molecular complexity index is 949. The Morgan fingerprint density at radius 1 is 1.30 bits per heavy atom. The summed E-state index contributed by atoms with van der Waals surface area (Å²) in [6, 6.07) is 12.1. The van der Waals surface area contributed by atoms with Gasteiger partial charge in [-0.05, 0) is 27.4 Å². The summed E-state index contributed by atoms with van der Waals surface area (Å²) in [6.07, 6.45) is 1.63. The van der Waals surface area contributed by atoms with Crippen molar-refractivity contribution in [2.24, 2.45) is 0 Å². The fourth-order valence-electron chi connectivity index (χ4n) is 2.32. The SMILES string of the molecule is N#Cc1ccsc1NC(=O)COC(=O)[C@H](Cc1ccccc1)n1cnnn1. The van der Waals surface area contributed by atoms with Crippen LogP contribution in [0.2, 0.25) is 0 Å². The van der Waals surface area contributed by atoms with Crippen molar-refractivity contribution in [1.82, 2.24) is 20.2 Å². The van der Waals surface area contributed by atoms with Crippen LogP contribution in [0.4, 0.5) is 5.00 Å². The summed E-state index contributed by atoms with van der Waals surface area (Å²) in [5, 5.41) is 24.5. The number of carbonyl (C=O) groups excluding carboxylic acids is 2. The summed E-state index contributed by atoms with van der Waals surface area (Å²) >= 11 is 1.22. The van der Waals surface area contributed by atoms with E-state index in [9.17, 15) is 9.59 Å². The maximum Gasteiger partial charge on any atom is 0.331 e. The zero-order chi connectivity index (χ0) is 19.1. The van der Waals surface area contributed by atoms with Crippen LogP contribution in [0.15, 0.2) is 48.1 Å². The molecule has 0 fully saturated rings. The molecule has 0 aliphatic heterocycles. The minimum atomic E-state index is -0.799. The Morgan fingerprint density at radius 3 is 2.81 bits per heavy atom. The third-order valence-electron chi connectivity index (χ3n) is 3.61. The highest BCUT2D eigenvalue weighted by Gasteiger charge is 2.25. The maximum absolute atomic E-state index is 12.5. The van der Waals surface area contributed by atoms with Gasteiger partial charge in [-0.15, -0.1) is 16.4 Å². The van der Waals surface area contributed by atoms with Crippen LogP contribution in [0.3, 0.4) is 0 Å². The first-order valence-electron chi connectivity index (χ1n) is 7.88. The number of tetrazole rings is 1. The molecule has 2 heterocycles. The topological polar surface area (TPSA) is 123 Å². The number of benzene rings is 1. The lowest BCUT2D eigenvalue weighted by molar-refractivity contribution is -0.151. The van der Waals surface area contributed by atoms with Gasteiger partial charge in [0.2, 0.25) is 0 Å². The van der Waals surface area contributed by atoms with Gasteiger partial charge in [-0.3, -0.25) is 4.79 Å². The minimum Gasteiger partial charge on any atom is -0.454 e. The first-order valence-corrected chi connectivity index (χ1v) is 8.76. The molecule has 1 N–H and O–H groups in total. The molecule has 1 amide bonds. The van der Waals surface area contributed by atoms with E-state index in [0.717, 1.165) is 5.56 Å². The monoisotopic (exact) mass is 382 g/mol. The van der Waals surface area contributed by atoms with Crippen molar-refractivity contribution >= 4 is 28.2 Å². The molecule has 0 saturated heterocycles. The number of rotatable bonds is 7. The quantitative estimate of drug-likeness (QED) is 0.615. The molecule has 1 atom stereocenters. The molecule has 2 aromatic heterocycles. The molecule has 27 heavy (non-hydrogen) atoms. The van der Waals surface area contributed by atoms with Gasteiger partial charge in [-0.25, -0.2) is 9.48 Å². The second-order valence-electron chi connectivity index (χ2n) is 5.43. The van der Waals surface area contributed by atoms with Crippen LogP contribution in [-0.2, 0) is 20.7 Å². The van der Waals surface area contributed by atoms with Crippen molar-refractivity contribution in [2.45, 2.75) is 12.5 Å². The van der Waals surface area contributed by atoms with Crippen LogP contribution >= 0.6 is 11.3 Å². The largest absolute Gasteiger partial charge is 0.454 e. The van der Waals surface area contributed by atoms with Gasteiger partial charge >= 0.3 is 5.97 Å². The van der Waals surface area contributed by atoms with E-state index in [2.05, 4.69) is 20.8 Å². The molecule has 10 heteroatoms. The molecule has 3 aromatic rings. The van der Waals surface area contributed by atoms with E-state index in [0.29, 0.717) is 17.0 Å². The van der Waals surface area contributed by atoms with Crippen LogP contribution < -0.4 is 5.32 Å². The zero-order valence-electron chi connectivity index (χ0n) is 14.0. The summed E-state index contributed by atoms with van der Waals surface area (Å²) in [4.78, 5) is 24.5. The third-order valence-corrected chi connectivity index (χ3v) is 4.44. The number of carbonyl (C=O) groups is 2. The summed E-state index contributed by atoms with van der Waals surface area (Å²) in [5.41, 5.74) is 1.26.